The molecule has 2 N–H and O–H groups in total. The average molecular weight is 447 g/mol. The van der Waals surface area contributed by atoms with E-state index in [1.807, 2.05) is 57.2 Å². The standard InChI is InChI=1S/C24H34N2O6/c1-23(2,3)13-12-17-18(27)19(32-24(4,5)31-17)20(30-6)21(28)25-16-14-26(22(16)29)15-10-8-7-9-11-15/h7-13,16-20,27H,14H2,1-6H3,(H,25,28)/t16?,17-,18-,19-,20-/m1/s1. The zero-order valence-corrected chi connectivity index (χ0v) is 19.6. The van der Waals surface area contributed by atoms with Crippen LogP contribution < -0.4 is 10.2 Å². The van der Waals surface area contributed by atoms with Gasteiger partial charge in [0.05, 0.1) is 6.54 Å². The second-order valence-electron chi connectivity index (χ2n) is 9.78. The van der Waals surface area contributed by atoms with E-state index in [4.69, 9.17) is 14.2 Å². The molecule has 2 saturated heterocycles. The predicted octanol–water partition coefficient (Wildman–Crippen LogP) is 2.02. The van der Waals surface area contributed by atoms with E-state index in [9.17, 15) is 14.7 Å². The summed E-state index contributed by atoms with van der Waals surface area (Å²) in [7, 11) is 1.38. The van der Waals surface area contributed by atoms with Gasteiger partial charge in [-0.3, -0.25) is 9.59 Å². The fraction of sp³-hybridized carbons (Fsp3) is 0.583. The van der Waals surface area contributed by atoms with Gasteiger partial charge in [0.1, 0.15) is 24.4 Å². The Morgan fingerprint density at radius 1 is 1.28 bits per heavy atom. The number of hydrogen-bond donors (Lipinski definition) is 2. The van der Waals surface area contributed by atoms with E-state index in [-0.39, 0.29) is 11.3 Å². The molecular weight excluding hydrogens is 412 g/mol. The van der Waals surface area contributed by atoms with Crippen LogP contribution in [0.25, 0.3) is 0 Å². The van der Waals surface area contributed by atoms with E-state index in [2.05, 4.69) is 5.32 Å². The summed E-state index contributed by atoms with van der Waals surface area (Å²) >= 11 is 0. The number of aliphatic hydroxyl groups excluding tert-OH is 1. The second kappa shape index (κ2) is 9.31. The number of carbonyl (C=O) groups excluding carboxylic acids is 2. The first kappa shape index (κ1) is 24.4. The Balaban J connectivity index is 1.68. The number of rotatable bonds is 6. The molecule has 2 amide bonds. The third kappa shape index (κ3) is 5.56. The van der Waals surface area contributed by atoms with Gasteiger partial charge in [-0.25, -0.2) is 0 Å². The molecule has 3 rings (SSSR count). The highest BCUT2D eigenvalue weighted by atomic mass is 16.7. The minimum absolute atomic E-state index is 0.103. The molecule has 176 valence electrons. The lowest BCUT2D eigenvalue weighted by Crippen LogP contribution is -2.67. The van der Waals surface area contributed by atoms with Crippen molar-refractivity contribution in [3.63, 3.8) is 0 Å². The maximum Gasteiger partial charge on any atom is 0.252 e. The van der Waals surface area contributed by atoms with Crippen LogP contribution in [0.5, 0.6) is 0 Å². The first-order chi connectivity index (χ1) is 14.9. The second-order valence-corrected chi connectivity index (χ2v) is 9.78. The Morgan fingerprint density at radius 2 is 1.94 bits per heavy atom. The summed E-state index contributed by atoms with van der Waals surface area (Å²) in [5.41, 5.74) is 0.679. The molecule has 1 aromatic carbocycles. The minimum atomic E-state index is -1.13. The topological polar surface area (TPSA) is 97.3 Å². The smallest absolute Gasteiger partial charge is 0.252 e. The number of benzene rings is 1. The Labute approximate surface area is 189 Å². The summed E-state index contributed by atoms with van der Waals surface area (Å²) in [6, 6.07) is 8.61. The van der Waals surface area contributed by atoms with Crippen LogP contribution in [0.3, 0.4) is 0 Å². The summed E-state index contributed by atoms with van der Waals surface area (Å²) in [6.07, 6.45) is -0.148. The highest BCUT2D eigenvalue weighted by Gasteiger charge is 2.49. The van der Waals surface area contributed by atoms with Gasteiger partial charge >= 0.3 is 0 Å². The van der Waals surface area contributed by atoms with Gasteiger partial charge in [0, 0.05) is 12.8 Å². The van der Waals surface area contributed by atoms with Crippen LogP contribution in [0.2, 0.25) is 0 Å². The maximum atomic E-state index is 13.0. The molecule has 0 bridgehead atoms. The van der Waals surface area contributed by atoms with Crippen molar-refractivity contribution in [2.75, 3.05) is 18.6 Å². The first-order valence-corrected chi connectivity index (χ1v) is 10.8. The number of aliphatic hydroxyl groups is 1. The van der Waals surface area contributed by atoms with E-state index >= 15 is 0 Å². The largest absolute Gasteiger partial charge is 0.387 e. The Bertz CT molecular complexity index is 848. The van der Waals surface area contributed by atoms with Crippen molar-refractivity contribution >= 4 is 17.5 Å². The maximum absolute atomic E-state index is 13.0. The summed E-state index contributed by atoms with van der Waals surface area (Å²) in [4.78, 5) is 27.1. The van der Waals surface area contributed by atoms with Crippen molar-refractivity contribution in [2.45, 2.75) is 70.9 Å². The van der Waals surface area contributed by atoms with Gasteiger partial charge in [-0.1, -0.05) is 51.1 Å². The summed E-state index contributed by atoms with van der Waals surface area (Å²) in [6.45, 7) is 9.93. The molecule has 8 nitrogen and oxygen atoms in total. The van der Waals surface area contributed by atoms with E-state index < -0.39 is 42.2 Å². The molecule has 0 saturated carbocycles. The number of amides is 2. The average Bonchev–Trinajstić information content (AvgIpc) is 2.72. The lowest BCUT2D eigenvalue weighted by atomic mass is 9.93. The molecule has 1 aromatic rings. The molecule has 2 fully saturated rings. The van der Waals surface area contributed by atoms with Crippen LogP contribution in [0.1, 0.15) is 34.6 Å². The third-order valence-electron chi connectivity index (χ3n) is 5.42. The molecule has 0 aliphatic carbocycles. The van der Waals surface area contributed by atoms with Gasteiger partial charge in [-0.15, -0.1) is 0 Å². The van der Waals surface area contributed by atoms with E-state index in [1.54, 1.807) is 24.8 Å². The van der Waals surface area contributed by atoms with Crippen LogP contribution in [0.4, 0.5) is 5.69 Å². The van der Waals surface area contributed by atoms with Gasteiger partial charge in [0.2, 0.25) is 0 Å². The summed E-state index contributed by atoms with van der Waals surface area (Å²) in [5.74, 6) is -1.75. The number of anilines is 1. The molecule has 32 heavy (non-hydrogen) atoms. The van der Waals surface area contributed by atoms with Crippen molar-refractivity contribution in [1.82, 2.24) is 5.32 Å². The molecule has 2 aliphatic heterocycles. The molecule has 5 atom stereocenters. The van der Waals surface area contributed by atoms with Crippen molar-refractivity contribution in [1.29, 1.82) is 0 Å². The van der Waals surface area contributed by atoms with Crippen molar-refractivity contribution in [3.8, 4) is 0 Å². The number of β-lactam (4-membered cyclic amide) rings is 1. The Kier molecular flexibility index (Phi) is 7.09. The zero-order valence-electron chi connectivity index (χ0n) is 19.6. The fourth-order valence-corrected chi connectivity index (χ4v) is 3.81. The number of nitrogens with zero attached hydrogens (tertiary/aromatic N) is 1. The number of nitrogens with one attached hydrogen (secondary N) is 1. The number of ether oxygens (including phenoxy) is 3. The predicted molar refractivity (Wildman–Crippen MR) is 120 cm³/mol. The van der Waals surface area contributed by atoms with Gasteiger partial charge in [0.15, 0.2) is 11.9 Å². The van der Waals surface area contributed by atoms with Crippen molar-refractivity contribution in [2.24, 2.45) is 5.41 Å². The lowest BCUT2D eigenvalue weighted by Gasteiger charge is -2.45. The lowest BCUT2D eigenvalue weighted by molar-refractivity contribution is -0.334. The highest BCUT2D eigenvalue weighted by Crippen LogP contribution is 2.31. The van der Waals surface area contributed by atoms with E-state index in [1.165, 1.54) is 7.11 Å². The minimum Gasteiger partial charge on any atom is -0.387 e. The van der Waals surface area contributed by atoms with Gasteiger partial charge in [-0.05, 0) is 31.4 Å². The monoisotopic (exact) mass is 446 g/mol. The Morgan fingerprint density at radius 3 is 2.50 bits per heavy atom. The van der Waals surface area contributed by atoms with Crippen molar-refractivity contribution in [3.05, 3.63) is 42.5 Å². The van der Waals surface area contributed by atoms with Crippen LogP contribution >= 0.6 is 0 Å². The quantitative estimate of drug-likeness (QED) is 0.513. The number of hydrogen-bond acceptors (Lipinski definition) is 6. The summed E-state index contributed by atoms with van der Waals surface area (Å²) in [5, 5.41) is 13.6. The van der Waals surface area contributed by atoms with Gasteiger partial charge < -0.3 is 29.5 Å². The SMILES string of the molecule is CO[C@@H](C(=O)NC1CN(c2ccccc2)C1=O)[C@@H]1OC(C)(C)O[C@H](C=CC(C)(C)C)[C@H]1O. The van der Waals surface area contributed by atoms with E-state index in [0.717, 1.165) is 5.69 Å². The van der Waals surface area contributed by atoms with Crippen LogP contribution in [0.15, 0.2) is 42.5 Å². The van der Waals surface area contributed by atoms with E-state index in [0.29, 0.717) is 6.54 Å². The third-order valence-corrected chi connectivity index (χ3v) is 5.42. The zero-order chi connectivity index (χ0) is 23.7. The van der Waals surface area contributed by atoms with Crippen LogP contribution in [-0.2, 0) is 23.8 Å². The molecule has 2 heterocycles. The molecule has 0 aromatic heterocycles. The molecule has 0 spiro atoms. The molecular formula is C24H34N2O6. The Hall–Kier alpha value is -2.26. The molecule has 8 heteroatoms. The number of carbonyl (C=O) groups is 2. The fourth-order valence-electron chi connectivity index (χ4n) is 3.81. The normalized spacial score (nSPS) is 29.0. The molecule has 0 radical (unpaired) electrons. The highest BCUT2D eigenvalue weighted by molar-refractivity contribution is 6.06. The number of methoxy groups -OCH3 is 1. The van der Waals surface area contributed by atoms with Crippen molar-refractivity contribution < 1.29 is 28.9 Å². The van der Waals surface area contributed by atoms with Crippen LogP contribution in [0, 0.1) is 5.41 Å². The molecule has 1 unspecified atom stereocenters. The molecule has 2 aliphatic rings. The first-order valence-electron chi connectivity index (χ1n) is 10.8. The van der Waals surface area contributed by atoms with Gasteiger partial charge in [0.25, 0.3) is 11.8 Å². The van der Waals surface area contributed by atoms with Crippen LogP contribution in [-0.4, -0.2) is 66.8 Å². The number of para-hydroxylation sites is 1. The summed E-state index contributed by atoms with van der Waals surface area (Å²) < 4.78 is 17.2. The van der Waals surface area contributed by atoms with Gasteiger partial charge in [-0.2, -0.15) is 0 Å². The number of allylic oxidation sites excluding steroid dienone is 1.